The number of benzene rings is 1. The molecule has 2 saturated heterocycles. The molecule has 0 radical (unpaired) electrons. The number of aromatic nitrogens is 3. The van der Waals surface area contributed by atoms with Crippen LogP contribution in [-0.2, 0) is 4.79 Å². The molecule has 1 spiro atoms. The number of halogens is 1. The zero-order chi connectivity index (χ0) is 32.9. The van der Waals surface area contributed by atoms with Gasteiger partial charge in [0.25, 0.3) is 11.8 Å². The first-order chi connectivity index (χ1) is 21.3. The Hall–Kier alpha value is -3.38. The quantitative estimate of drug-likeness (QED) is 0.281. The largest absolute Gasteiger partial charge is 0.434 e. The van der Waals surface area contributed by atoms with Crippen LogP contribution in [0.25, 0.3) is 0 Å². The molecule has 3 N–H and O–H groups in total. The highest BCUT2D eigenvalue weighted by Crippen LogP contribution is 2.44. The molecule has 2 fully saturated rings. The van der Waals surface area contributed by atoms with E-state index in [1.165, 1.54) is 24.5 Å². The van der Waals surface area contributed by atoms with Crippen LogP contribution in [0, 0.1) is 23.1 Å². The van der Waals surface area contributed by atoms with Crippen molar-refractivity contribution in [2.24, 2.45) is 23.0 Å². The number of carbonyl (C=O) groups excluding carboxylic acids is 2. The van der Waals surface area contributed by atoms with Crippen LogP contribution in [0.1, 0.15) is 78.1 Å². The summed E-state index contributed by atoms with van der Waals surface area (Å²) in [6, 6.07) is 4.31. The van der Waals surface area contributed by atoms with Crippen LogP contribution in [0.5, 0.6) is 11.6 Å². The predicted molar refractivity (Wildman–Crippen MR) is 173 cm³/mol. The second-order valence-electron chi connectivity index (χ2n) is 13.8. The summed E-state index contributed by atoms with van der Waals surface area (Å²) < 4.78 is 20.6. The topological polar surface area (TPSA) is 130 Å². The van der Waals surface area contributed by atoms with E-state index in [9.17, 15) is 14.0 Å². The molecule has 2 aliphatic heterocycles. The van der Waals surface area contributed by atoms with Crippen LogP contribution in [0.15, 0.2) is 24.5 Å². The average molecular weight is 627 g/mol. The highest BCUT2D eigenvalue weighted by Gasteiger charge is 2.50. The van der Waals surface area contributed by atoms with Crippen molar-refractivity contribution in [1.82, 2.24) is 30.3 Å². The van der Waals surface area contributed by atoms with Gasteiger partial charge in [-0.25, -0.2) is 9.37 Å². The minimum atomic E-state index is -0.514. The molecule has 2 atom stereocenters. The molecular formula is C33H51FN8O3. The molecule has 0 aliphatic carbocycles. The smallest absolute Gasteiger partial charge is 0.282 e. The van der Waals surface area contributed by atoms with Crippen molar-refractivity contribution in [3.8, 4) is 11.6 Å². The predicted octanol–water partition coefficient (Wildman–Crippen LogP) is 4.09. The fourth-order valence-corrected chi connectivity index (χ4v) is 6.83. The number of hydrogen-bond donors (Lipinski definition) is 2. The third-order valence-corrected chi connectivity index (χ3v) is 9.14. The van der Waals surface area contributed by atoms with Gasteiger partial charge in [-0.05, 0) is 77.6 Å². The number of rotatable bonds is 15. The lowest BCUT2D eigenvalue weighted by Crippen LogP contribution is -2.62. The van der Waals surface area contributed by atoms with E-state index in [2.05, 4.69) is 44.1 Å². The third kappa shape index (κ3) is 8.26. The third-order valence-electron chi connectivity index (χ3n) is 9.14. The van der Waals surface area contributed by atoms with Gasteiger partial charge in [0.15, 0.2) is 5.82 Å². The molecule has 12 heteroatoms. The van der Waals surface area contributed by atoms with E-state index >= 15 is 0 Å². The number of nitrogens with one attached hydrogen (secondary N) is 1. The summed E-state index contributed by atoms with van der Waals surface area (Å²) in [5.41, 5.74) is 5.67. The summed E-state index contributed by atoms with van der Waals surface area (Å²) >= 11 is 0. The summed E-state index contributed by atoms with van der Waals surface area (Å²) in [5.74, 6) is 0.269. The zero-order valence-corrected chi connectivity index (χ0v) is 27.9. The molecule has 4 rings (SSSR count). The first-order valence-electron chi connectivity index (χ1n) is 16.3. The van der Waals surface area contributed by atoms with Gasteiger partial charge in [-0.15, -0.1) is 10.2 Å². The van der Waals surface area contributed by atoms with Gasteiger partial charge >= 0.3 is 0 Å². The summed E-state index contributed by atoms with van der Waals surface area (Å²) in [4.78, 5) is 35.8. The second kappa shape index (κ2) is 14.8. The fourth-order valence-electron chi connectivity index (χ4n) is 6.83. The van der Waals surface area contributed by atoms with Crippen LogP contribution >= 0.6 is 0 Å². The Morgan fingerprint density at radius 3 is 2.47 bits per heavy atom. The van der Waals surface area contributed by atoms with E-state index in [4.69, 9.17) is 10.5 Å². The van der Waals surface area contributed by atoms with Gasteiger partial charge < -0.3 is 25.6 Å². The molecule has 2 aromatic rings. The number of nitrogens with zero attached hydrogens (tertiary/aromatic N) is 6. The van der Waals surface area contributed by atoms with Crippen molar-refractivity contribution >= 4 is 17.6 Å². The van der Waals surface area contributed by atoms with Gasteiger partial charge in [-0.2, -0.15) is 0 Å². The Morgan fingerprint density at radius 1 is 1.11 bits per heavy atom. The van der Waals surface area contributed by atoms with E-state index in [1.54, 1.807) is 4.90 Å². The normalized spacial score (nSPS) is 17.6. The Kier molecular flexibility index (Phi) is 11.4. The SMILES string of the molecule is CC(C)[C@@H](CCCNC[C@@H](C)C(N)=O)N1CC2(CCN(c3ncnnc3Oc3ccc(F)cc3C(=O)N(C(C)C)C(C)C)C2)C1. The zero-order valence-electron chi connectivity index (χ0n) is 27.9. The summed E-state index contributed by atoms with van der Waals surface area (Å²) in [7, 11) is 0. The molecule has 3 heterocycles. The molecule has 1 aromatic carbocycles. The number of anilines is 1. The van der Waals surface area contributed by atoms with E-state index in [0.29, 0.717) is 24.3 Å². The fraction of sp³-hybridized carbons (Fsp3) is 0.667. The number of nitrogens with two attached hydrogens (primary N) is 1. The molecular weight excluding hydrogens is 575 g/mol. The van der Waals surface area contributed by atoms with Gasteiger partial charge in [-0.3, -0.25) is 14.5 Å². The Labute approximate surface area is 267 Å². The van der Waals surface area contributed by atoms with Crippen LogP contribution < -0.4 is 20.7 Å². The maximum absolute atomic E-state index is 14.4. The Morgan fingerprint density at radius 2 is 1.82 bits per heavy atom. The van der Waals surface area contributed by atoms with Gasteiger partial charge in [0.1, 0.15) is 17.9 Å². The standard InChI is InChI=1S/C33H51FN8O3/c1-21(2)27(9-8-13-36-16-24(7)29(35)43)41-18-33(19-41)12-14-40(17-33)30-31(39-38-20-37-30)45-28-11-10-25(34)15-26(28)32(44)42(22(3)4)23(5)6/h10-11,15,20-24,27,36H,8-9,12-14,16-19H2,1-7H3,(H2,35,43)/t24-,27-/m1/s1. The molecule has 0 saturated carbocycles. The molecule has 2 amide bonds. The summed E-state index contributed by atoms with van der Waals surface area (Å²) in [6.45, 7) is 19.3. The number of amides is 2. The molecule has 45 heavy (non-hydrogen) atoms. The number of carbonyl (C=O) groups is 2. The van der Waals surface area contributed by atoms with E-state index in [1.807, 2.05) is 34.6 Å². The van der Waals surface area contributed by atoms with E-state index < -0.39 is 5.82 Å². The average Bonchev–Trinajstić information content (AvgIpc) is 3.40. The van der Waals surface area contributed by atoms with Gasteiger partial charge in [-0.1, -0.05) is 20.8 Å². The van der Waals surface area contributed by atoms with Crippen LogP contribution in [0.3, 0.4) is 0 Å². The van der Waals surface area contributed by atoms with Crippen LogP contribution in [-0.4, -0.2) is 94.2 Å². The summed E-state index contributed by atoms with van der Waals surface area (Å²) in [6.07, 6.45) is 4.57. The maximum Gasteiger partial charge on any atom is 0.282 e. The van der Waals surface area contributed by atoms with Gasteiger partial charge in [0.05, 0.1) is 5.56 Å². The second-order valence-corrected chi connectivity index (χ2v) is 13.8. The Bertz CT molecular complexity index is 1310. The highest BCUT2D eigenvalue weighted by atomic mass is 19.1. The van der Waals surface area contributed by atoms with Crippen molar-refractivity contribution in [3.05, 3.63) is 35.9 Å². The minimum Gasteiger partial charge on any atom is -0.434 e. The number of primary amides is 1. The van der Waals surface area contributed by atoms with Crippen molar-refractivity contribution in [2.45, 2.75) is 85.9 Å². The number of hydrogen-bond acceptors (Lipinski definition) is 9. The van der Waals surface area contributed by atoms with Crippen molar-refractivity contribution in [3.63, 3.8) is 0 Å². The molecule has 11 nitrogen and oxygen atoms in total. The van der Waals surface area contributed by atoms with Crippen molar-refractivity contribution in [1.29, 1.82) is 0 Å². The number of likely N-dealkylation sites (tertiary alicyclic amines) is 1. The molecule has 0 unspecified atom stereocenters. The maximum atomic E-state index is 14.4. The van der Waals surface area contributed by atoms with Crippen molar-refractivity contribution < 1.29 is 18.7 Å². The lowest BCUT2D eigenvalue weighted by atomic mass is 9.76. The van der Waals surface area contributed by atoms with E-state index in [0.717, 1.165) is 52.0 Å². The van der Waals surface area contributed by atoms with Gasteiger partial charge in [0, 0.05) is 62.2 Å². The van der Waals surface area contributed by atoms with E-state index in [-0.39, 0.29) is 52.4 Å². The van der Waals surface area contributed by atoms with Crippen molar-refractivity contribution in [2.75, 3.05) is 44.2 Å². The molecule has 0 bridgehead atoms. The first-order valence-corrected chi connectivity index (χ1v) is 16.3. The first kappa shape index (κ1) is 34.5. The summed E-state index contributed by atoms with van der Waals surface area (Å²) in [5, 5.41) is 11.6. The van der Waals surface area contributed by atoms with Gasteiger partial charge in [0.2, 0.25) is 5.91 Å². The lowest BCUT2D eigenvalue weighted by Gasteiger charge is -2.53. The minimum absolute atomic E-state index is 0.0748. The Balaban J connectivity index is 1.40. The van der Waals surface area contributed by atoms with Crippen LogP contribution in [0.4, 0.5) is 10.2 Å². The number of ether oxygens (including phenoxy) is 1. The lowest BCUT2D eigenvalue weighted by molar-refractivity contribution is -0.121. The monoisotopic (exact) mass is 626 g/mol. The van der Waals surface area contributed by atoms with Crippen LogP contribution in [0.2, 0.25) is 0 Å². The molecule has 248 valence electrons. The molecule has 2 aliphatic rings. The molecule has 1 aromatic heterocycles. The highest BCUT2D eigenvalue weighted by molar-refractivity contribution is 5.97.